The van der Waals surface area contributed by atoms with Crippen LogP contribution in [0.3, 0.4) is 0 Å². The Hall–Kier alpha value is -1.69. The molecular formula is C18H28N2O. The van der Waals surface area contributed by atoms with Gasteiger partial charge in [-0.05, 0) is 69.2 Å². The first-order valence-corrected chi connectivity index (χ1v) is 7.71. The highest BCUT2D eigenvalue weighted by Gasteiger charge is 2.15. The summed E-state index contributed by atoms with van der Waals surface area (Å²) in [6.45, 7) is 10.9. The maximum Gasteiger partial charge on any atom is 0.123 e. The van der Waals surface area contributed by atoms with E-state index in [0.29, 0.717) is 12.5 Å². The number of unbranched alkanes of at least 4 members (excludes halogenated alkanes) is 1. The zero-order valence-corrected chi connectivity index (χ0v) is 14.0. The van der Waals surface area contributed by atoms with Crippen LogP contribution in [0.4, 0.5) is 5.69 Å². The van der Waals surface area contributed by atoms with Crippen LogP contribution >= 0.6 is 0 Å². The Balaban J connectivity index is 2.56. The molecule has 3 nitrogen and oxygen atoms in total. The fourth-order valence-corrected chi connectivity index (χ4v) is 2.20. The molecule has 0 amide bonds. The molecule has 0 aliphatic rings. The van der Waals surface area contributed by atoms with E-state index in [1.165, 1.54) is 0 Å². The maximum absolute atomic E-state index is 8.99. The first-order valence-electron chi connectivity index (χ1n) is 7.71. The van der Waals surface area contributed by atoms with Crippen molar-refractivity contribution in [3.8, 4) is 11.8 Å². The summed E-state index contributed by atoms with van der Waals surface area (Å²) in [5, 5.41) is 8.99. The lowest BCUT2D eigenvalue weighted by Crippen LogP contribution is -2.09. The molecule has 1 aromatic rings. The molecule has 116 valence electrons. The van der Waals surface area contributed by atoms with Crippen molar-refractivity contribution < 1.29 is 4.74 Å². The molecule has 0 aromatic heterocycles. The van der Waals surface area contributed by atoms with Crippen LogP contribution < -0.4 is 10.5 Å². The summed E-state index contributed by atoms with van der Waals surface area (Å²) in [6.07, 6.45) is 2.88. The average molecular weight is 288 g/mol. The fraction of sp³-hybridized carbons (Fsp3) is 0.611. The van der Waals surface area contributed by atoms with Crippen LogP contribution in [0.5, 0.6) is 5.75 Å². The lowest BCUT2D eigenvalue weighted by Gasteiger charge is -2.17. The van der Waals surface area contributed by atoms with Crippen LogP contribution in [0.25, 0.3) is 0 Å². The summed E-state index contributed by atoms with van der Waals surface area (Å²) in [5.41, 5.74) is 8.78. The highest BCUT2D eigenvalue weighted by molar-refractivity contribution is 5.55. The molecule has 3 heteroatoms. The summed E-state index contributed by atoms with van der Waals surface area (Å²) in [5.74, 6) is 1.33. The second kappa shape index (κ2) is 7.36. The van der Waals surface area contributed by atoms with Crippen molar-refractivity contribution in [3.05, 3.63) is 23.3 Å². The van der Waals surface area contributed by atoms with E-state index in [4.69, 9.17) is 15.7 Å². The predicted molar refractivity (Wildman–Crippen MR) is 88.4 cm³/mol. The summed E-state index contributed by atoms with van der Waals surface area (Å²) in [4.78, 5) is 0. The van der Waals surface area contributed by atoms with Crippen molar-refractivity contribution >= 4 is 5.69 Å². The third kappa shape index (κ3) is 5.30. The van der Waals surface area contributed by atoms with E-state index in [1.807, 2.05) is 32.9 Å². The zero-order chi connectivity index (χ0) is 16.0. The Bertz CT molecular complexity index is 513. The van der Waals surface area contributed by atoms with Crippen molar-refractivity contribution in [3.63, 3.8) is 0 Å². The molecule has 0 spiro atoms. The molecule has 0 saturated carbocycles. The topological polar surface area (TPSA) is 59.0 Å². The van der Waals surface area contributed by atoms with Crippen LogP contribution in [0.1, 0.15) is 64.0 Å². The Morgan fingerprint density at radius 1 is 1.29 bits per heavy atom. The second-order valence-corrected chi connectivity index (χ2v) is 6.70. The van der Waals surface area contributed by atoms with E-state index in [2.05, 4.69) is 19.9 Å². The molecule has 0 saturated heterocycles. The van der Waals surface area contributed by atoms with Gasteiger partial charge in [0.25, 0.3) is 0 Å². The van der Waals surface area contributed by atoms with Gasteiger partial charge in [0.2, 0.25) is 0 Å². The number of nitrogen functional groups attached to an aromatic ring is 1. The van der Waals surface area contributed by atoms with Crippen molar-refractivity contribution in [1.29, 1.82) is 5.26 Å². The van der Waals surface area contributed by atoms with Crippen LogP contribution in [0, 0.1) is 23.7 Å². The lowest BCUT2D eigenvalue weighted by molar-refractivity contribution is 0.291. The number of nitrogens with zero attached hydrogens (tertiary/aromatic N) is 1. The SMILES string of the molecule is Cc1cc(OCCCCC(C)(C)C#N)c(C(C)C)cc1N. The van der Waals surface area contributed by atoms with Gasteiger partial charge in [0, 0.05) is 5.69 Å². The van der Waals surface area contributed by atoms with Crippen LogP contribution in [-0.4, -0.2) is 6.61 Å². The number of aryl methyl sites for hydroxylation is 1. The van der Waals surface area contributed by atoms with Gasteiger partial charge in [-0.15, -0.1) is 0 Å². The van der Waals surface area contributed by atoms with Gasteiger partial charge in [-0.25, -0.2) is 0 Å². The summed E-state index contributed by atoms with van der Waals surface area (Å²) >= 11 is 0. The van der Waals surface area contributed by atoms with Crippen molar-refractivity contribution in [2.75, 3.05) is 12.3 Å². The van der Waals surface area contributed by atoms with Gasteiger partial charge in [-0.2, -0.15) is 5.26 Å². The van der Waals surface area contributed by atoms with Gasteiger partial charge < -0.3 is 10.5 Å². The molecule has 0 bridgehead atoms. The number of ether oxygens (including phenoxy) is 1. The highest BCUT2D eigenvalue weighted by atomic mass is 16.5. The van der Waals surface area contributed by atoms with E-state index in [0.717, 1.165) is 41.8 Å². The largest absolute Gasteiger partial charge is 0.493 e. The Labute approximate surface area is 129 Å². The van der Waals surface area contributed by atoms with Gasteiger partial charge in [-0.3, -0.25) is 0 Å². The number of hydrogen-bond acceptors (Lipinski definition) is 3. The number of rotatable bonds is 7. The van der Waals surface area contributed by atoms with Crippen LogP contribution in [0.15, 0.2) is 12.1 Å². The van der Waals surface area contributed by atoms with Gasteiger partial charge >= 0.3 is 0 Å². The third-order valence-corrected chi connectivity index (χ3v) is 3.78. The van der Waals surface area contributed by atoms with Gasteiger partial charge in [0.15, 0.2) is 0 Å². The molecule has 0 fully saturated rings. The van der Waals surface area contributed by atoms with Gasteiger partial charge in [-0.1, -0.05) is 13.8 Å². The number of nitriles is 1. The highest BCUT2D eigenvalue weighted by Crippen LogP contribution is 2.31. The predicted octanol–water partition coefficient (Wildman–Crippen LogP) is 4.80. The van der Waals surface area contributed by atoms with Gasteiger partial charge in [0.1, 0.15) is 5.75 Å². The molecule has 0 radical (unpaired) electrons. The number of nitrogens with two attached hydrogens (primary N) is 1. The van der Waals surface area contributed by atoms with Crippen molar-refractivity contribution in [2.45, 2.75) is 59.8 Å². The fourth-order valence-electron chi connectivity index (χ4n) is 2.20. The lowest BCUT2D eigenvalue weighted by atomic mass is 9.89. The molecule has 0 aliphatic heterocycles. The molecule has 0 aliphatic carbocycles. The third-order valence-electron chi connectivity index (χ3n) is 3.78. The van der Waals surface area contributed by atoms with E-state index in [9.17, 15) is 0 Å². The monoisotopic (exact) mass is 288 g/mol. The average Bonchev–Trinajstić information content (AvgIpc) is 2.41. The van der Waals surface area contributed by atoms with Crippen molar-refractivity contribution in [1.82, 2.24) is 0 Å². The summed E-state index contributed by atoms with van der Waals surface area (Å²) in [6, 6.07) is 6.39. The Kier molecular flexibility index (Phi) is 6.08. The standard InChI is InChI=1S/C18H28N2O/c1-13(2)15-11-16(20)14(3)10-17(15)21-9-7-6-8-18(4,5)12-19/h10-11,13H,6-9,20H2,1-5H3. The second-order valence-electron chi connectivity index (χ2n) is 6.70. The summed E-state index contributed by atoms with van der Waals surface area (Å²) in [7, 11) is 0. The van der Waals surface area contributed by atoms with Crippen LogP contribution in [0.2, 0.25) is 0 Å². The minimum atomic E-state index is -0.235. The Morgan fingerprint density at radius 3 is 2.52 bits per heavy atom. The number of hydrogen-bond donors (Lipinski definition) is 1. The Morgan fingerprint density at radius 2 is 1.95 bits per heavy atom. The maximum atomic E-state index is 8.99. The van der Waals surface area contributed by atoms with Gasteiger partial charge in [0.05, 0.1) is 18.1 Å². The first-order chi connectivity index (χ1) is 9.76. The molecule has 1 rings (SSSR count). The molecule has 0 atom stereocenters. The minimum Gasteiger partial charge on any atom is -0.493 e. The normalized spacial score (nSPS) is 11.5. The quantitative estimate of drug-likeness (QED) is 0.579. The molecule has 0 heterocycles. The number of benzene rings is 1. The number of anilines is 1. The zero-order valence-electron chi connectivity index (χ0n) is 14.0. The van der Waals surface area contributed by atoms with E-state index in [-0.39, 0.29) is 5.41 Å². The van der Waals surface area contributed by atoms with E-state index < -0.39 is 0 Å². The van der Waals surface area contributed by atoms with Crippen molar-refractivity contribution in [2.24, 2.45) is 5.41 Å². The molecule has 0 unspecified atom stereocenters. The molecular weight excluding hydrogens is 260 g/mol. The molecule has 2 N–H and O–H groups in total. The van der Waals surface area contributed by atoms with E-state index >= 15 is 0 Å². The summed E-state index contributed by atoms with van der Waals surface area (Å²) < 4.78 is 5.94. The van der Waals surface area contributed by atoms with E-state index in [1.54, 1.807) is 0 Å². The molecule has 21 heavy (non-hydrogen) atoms. The van der Waals surface area contributed by atoms with Crippen LogP contribution in [-0.2, 0) is 0 Å². The first kappa shape index (κ1) is 17.4. The smallest absolute Gasteiger partial charge is 0.123 e. The molecule has 1 aromatic carbocycles. The minimum absolute atomic E-state index is 0.235.